The molecule has 0 radical (unpaired) electrons. The van der Waals surface area contributed by atoms with E-state index < -0.39 is 0 Å². The van der Waals surface area contributed by atoms with Gasteiger partial charge in [0.15, 0.2) is 0 Å². The summed E-state index contributed by atoms with van der Waals surface area (Å²) >= 11 is 0. The van der Waals surface area contributed by atoms with E-state index in [2.05, 4.69) is 5.16 Å². The predicted octanol–water partition coefficient (Wildman–Crippen LogP) is 2.45. The molecule has 1 aromatic heterocycles. The molecule has 17 heavy (non-hydrogen) atoms. The van der Waals surface area contributed by atoms with E-state index >= 15 is 0 Å². The molecule has 4 nitrogen and oxygen atoms in total. The minimum atomic E-state index is 0.153. The summed E-state index contributed by atoms with van der Waals surface area (Å²) in [7, 11) is 0. The van der Waals surface area contributed by atoms with E-state index in [1.165, 1.54) is 6.42 Å². The van der Waals surface area contributed by atoms with Crippen molar-refractivity contribution in [2.24, 2.45) is 5.92 Å². The van der Waals surface area contributed by atoms with E-state index in [-0.39, 0.29) is 12.0 Å². The molecule has 0 spiro atoms. The predicted molar refractivity (Wildman–Crippen MR) is 62.3 cm³/mol. The van der Waals surface area contributed by atoms with Gasteiger partial charge in [0.1, 0.15) is 11.5 Å². The maximum Gasteiger partial charge on any atom is 0.226 e. The van der Waals surface area contributed by atoms with E-state index in [1.807, 2.05) is 17.9 Å². The molecule has 0 unspecified atom stereocenters. The Morgan fingerprint density at radius 2 is 2.24 bits per heavy atom. The van der Waals surface area contributed by atoms with Gasteiger partial charge in [-0.1, -0.05) is 11.6 Å². The van der Waals surface area contributed by atoms with E-state index in [1.54, 1.807) is 0 Å². The molecule has 3 rings (SSSR count). The van der Waals surface area contributed by atoms with Gasteiger partial charge >= 0.3 is 0 Å². The average Bonchev–Trinajstić information content (AvgIpc) is 2.81. The van der Waals surface area contributed by atoms with E-state index in [0.717, 1.165) is 43.7 Å². The van der Waals surface area contributed by atoms with Crippen molar-refractivity contribution < 1.29 is 9.32 Å². The highest BCUT2D eigenvalue weighted by Crippen LogP contribution is 2.36. The molecule has 1 aliphatic heterocycles. The van der Waals surface area contributed by atoms with Crippen LogP contribution < -0.4 is 0 Å². The zero-order chi connectivity index (χ0) is 11.8. The van der Waals surface area contributed by atoms with Gasteiger partial charge in [0.05, 0.1) is 6.04 Å². The first kappa shape index (κ1) is 10.8. The lowest BCUT2D eigenvalue weighted by Crippen LogP contribution is -2.38. The Bertz CT molecular complexity index is 423. The molecule has 0 N–H and O–H groups in total. The van der Waals surface area contributed by atoms with Crippen LogP contribution in [-0.2, 0) is 4.79 Å². The summed E-state index contributed by atoms with van der Waals surface area (Å²) in [6, 6.07) is 2.11. The van der Waals surface area contributed by atoms with Crippen molar-refractivity contribution in [2.75, 3.05) is 6.54 Å². The largest absolute Gasteiger partial charge is 0.361 e. The summed E-state index contributed by atoms with van der Waals surface area (Å²) in [5.74, 6) is 1.44. The third-order valence-corrected chi connectivity index (χ3v) is 3.98. The summed E-state index contributed by atoms with van der Waals surface area (Å²) in [5.41, 5.74) is 0.924. The molecule has 0 aromatic carbocycles. The minimum absolute atomic E-state index is 0.153. The summed E-state index contributed by atoms with van der Waals surface area (Å²) in [5, 5.41) is 4.06. The van der Waals surface area contributed by atoms with Crippen LogP contribution >= 0.6 is 0 Å². The van der Waals surface area contributed by atoms with Gasteiger partial charge in [0.25, 0.3) is 0 Å². The molecule has 2 fully saturated rings. The number of amides is 1. The Kier molecular flexibility index (Phi) is 2.65. The summed E-state index contributed by atoms with van der Waals surface area (Å²) in [4.78, 5) is 14.3. The number of carbonyl (C=O) groups excluding carboxylic acids is 1. The zero-order valence-electron chi connectivity index (χ0n) is 10.2. The molecule has 4 heteroatoms. The third kappa shape index (κ3) is 1.85. The number of aromatic nitrogens is 1. The fourth-order valence-electron chi connectivity index (χ4n) is 2.77. The maximum absolute atomic E-state index is 12.3. The van der Waals surface area contributed by atoms with Crippen LogP contribution in [-0.4, -0.2) is 22.5 Å². The first-order valence-corrected chi connectivity index (χ1v) is 6.49. The molecule has 0 bridgehead atoms. The topological polar surface area (TPSA) is 46.3 Å². The fraction of sp³-hybridized carbons (Fsp3) is 0.692. The molecule has 1 saturated carbocycles. The second kappa shape index (κ2) is 4.17. The van der Waals surface area contributed by atoms with Crippen molar-refractivity contribution >= 4 is 5.91 Å². The van der Waals surface area contributed by atoms with Gasteiger partial charge in [0, 0.05) is 18.5 Å². The number of carbonyl (C=O) groups is 1. The average molecular weight is 234 g/mol. The maximum atomic E-state index is 12.3. The smallest absolute Gasteiger partial charge is 0.226 e. The Morgan fingerprint density at radius 1 is 1.41 bits per heavy atom. The molecule has 1 aliphatic carbocycles. The molecule has 92 valence electrons. The lowest BCUT2D eigenvalue weighted by molar-refractivity contribution is -0.139. The van der Waals surface area contributed by atoms with Crippen molar-refractivity contribution in [3.63, 3.8) is 0 Å². The van der Waals surface area contributed by atoms with E-state index in [9.17, 15) is 4.79 Å². The van der Waals surface area contributed by atoms with Gasteiger partial charge in [-0.2, -0.15) is 0 Å². The van der Waals surface area contributed by atoms with Crippen LogP contribution in [0.15, 0.2) is 10.6 Å². The van der Waals surface area contributed by atoms with Crippen molar-refractivity contribution in [3.8, 4) is 0 Å². The van der Waals surface area contributed by atoms with Crippen LogP contribution in [0.3, 0.4) is 0 Å². The van der Waals surface area contributed by atoms with Crippen LogP contribution in [0.4, 0.5) is 0 Å². The van der Waals surface area contributed by atoms with Crippen molar-refractivity contribution in [1.82, 2.24) is 10.1 Å². The van der Waals surface area contributed by atoms with Gasteiger partial charge in [-0.05, 0) is 32.6 Å². The molecule has 2 aliphatic rings. The Morgan fingerprint density at radius 3 is 2.82 bits per heavy atom. The SMILES string of the molecule is Cc1cc([C@@H]2CCCN2C(=O)C2CCC2)no1. The number of rotatable bonds is 2. The van der Waals surface area contributed by atoms with Crippen LogP contribution in [0.1, 0.15) is 49.6 Å². The van der Waals surface area contributed by atoms with Crippen molar-refractivity contribution in [1.29, 1.82) is 0 Å². The normalized spacial score (nSPS) is 25.0. The zero-order valence-corrected chi connectivity index (χ0v) is 10.2. The fourth-order valence-corrected chi connectivity index (χ4v) is 2.77. The Labute approximate surface area is 101 Å². The van der Waals surface area contributed by atoms with Crippen molar-refractivity contribution in [3.05, 3.63) is 17.5 Å². The first-order chi connectivity index (χ1) is 8.25. The molecular formula is C13H18N2O2. The minimum Gasteiger partial charge on any atom is -0.361 e. The number of hydrogen-bond donors (Lipinski definition) is 0. The molecule has 2 heterocycles. The lowest BCUT2D eigenvalue weighted by atomic mass is 9.84. The van der Waals surface area contributed by atoms with Crippen molar-refractivity contribution in [2.45, 2.75) is 45.1 Å². The van der Waals surface area contributed by atoms with Crippen LogP contribution in [0.5, 0.6) is 0 Å². The third-order valence-electron chi connectivity index (χ3n) is 3.98. The molecule has 1 amide bonds. The van der Waals surface area contributed by atoms with Gasteiger partial charge in [-0.25, -0.2) is 0 Å². The van der Waals surface area contributed by atoms with E-state index in [4.69, 9.17) is 4.52 Å². The summed E-state index contributed by atoms with van der Waals surface area (Å²) < 4.78 is 5.12. The molecule has 1 atom stereocenters. The quantitative estimate of drug-likeness (QED) is 0.789. The molecule has 1 aromatic rings. The summed E-state index contributed by atoms with van der Waals surface area (Å²) in [6.07, 6.45) is 5.44. The van der Waals surface area contributed by atoms with Crippen LogP contribution in [0, 0.1) is 12.8 Å². The van der Waals surface area contributed by atoms with Crippen LogP contribution in [0.25, 0.3) is 0 Å². The standard InChI is InChI=1S/C13H18N2O2/c1-9-8-11(14-17-9)12-6-3-7-15(12)13(16)10-4-2-5-10/h8,10,12H,2-7H2,1H3/t12-/m0/s1. The first-order valence-electron chi connectivity index (χ1n) is 6.49. The van der Waals surface area contributed by atoms with Gasteiger partial charge in [-0.3, -0.25) is 4.79 Å². The highest BCUT2D eigenvalue weighted by molar-refractivity contribution is 5.80. The monoisotopic (exact) mass is 234 g/mol. The molecule has 1 saturated heterocycles. The number of nitrogens with zero attached hydrogens (tertiary/aromatic N) is 2. The highest BCUT2D eigenvalue weighted by atomic mass is 16.5. The molecular weight excluding hydrogens is 216 g/mol. The number of aryl methyl sites for hydroxylation is 1. The number of hydrogen-bond acceptors (Lipinski definition) is 3. The highest BCUT2D eigenvalue weighted by Gasteiger charge is 2.37. The van der Waals surface area contributed by atoms with Gasteiger partial charge in [0.2, 0.25) is 5.91 Å². The Balaban J connectivity index is 1.77. The second-order valence-electron chi connectivity index (χ2n) is 5.18. The lowest BCUT2D eigenvalue weighted by Gasteiger charge is -2.32. The number of likely N-dealkylation sites (tertiary alicyclic amines) is 1. The van der Waals surface area contributed by atoms with E-state index in [0.29, 0.717) is 5.91 Å². The second-order valence-corrected chi connectivity index (χ2v) is 5.18. The van der Waals surface area contributed by atoms with Crippen LogP contribution in [0.2, 0.25) is 0 Å². The Hall–Kier alpha value is -1.32. The summed E-state index contributed by atoms with van der Waals surface area (Å²) in [6.45, 7) is 2.77. The van der Waals surface area contributed by atoms with Gasteiger partial charge in [-0.15, -0.1) is 0 Å². The van der Waals surface area contributed by atoms with Gasteiger partial charge < -0.3 is 9.42 Å².